The molecule has 1 amide bonds. The lowest BCUT2D eigenvalue weighted by atomic mass is 10.1. The van der Waals surface area contributed by atoms with Crippen molar-refractivity contribution in [2.75, 3.05) is 46.8 Å². The van der Waals surface area contributed by atoms with Crippen molar-refractivity contribution in [1.29, 1.82) is 0 Å². The number of amides is 1. The van der Waals surface area contributed by atoms with Gasteiger partial charge in [0.1, 0.15) is 16.6 Å². The molecule has 6 heterocycles. The van der Waals surface area contributed by atoms with E-state index >= 15 is 0 Å². The van der Waals surface area contributed by atoms with Crippen molar-refractivity contribution in [2.24, 2.45) is 5.73 Å². The number of carboxylic acid groups (broad SMARTS) is 3. The Hall–Kier alpha value is -10.9. The zero-order valence-electron chi connectivity index (χ0n) is 48.8. The van der Waals surface area contributed by atoms with E-state index in [4.69, 9.17) is 60.3 Å². The number of benzene rings is 6. The van der Waals surface area contributed by atoms with Crippen LogP contribution >= 0.6 is 46.6 Å². The van der Waals surface area contributed by atoms with Crippen molar-refractivity contribution in [3.63, 3.8) is 0 Å². The fourth-order valence-corrected chi connectivity index (χ4v) is 11.0. The van der Waals surface area contributed by atoms with Crippen molar-refractivity contribution >= 4 is 182 Å². The third-order valence-corrected chi connectivity index (χ3v) is 15.9. The highest BCUT2D eigenvalue weighted by atomic mass is 35.5. The summed E-state index contributed by atoms with van der Waals surface area (Å²) >= 11 is 20.0. The summed E-state index contributed by atoms with van der Waals surface area (Å²) in [7, 11) is 1.37. The lowest BCUT2D eigenvalue weighted by molar-refractivity contribution is -0.136. The number of esters is 1. The highest BCUT2D eigenvalue weighted by molar-refractivity contribution is 7.98. The van der Waals surface area contributed by atoms with Crippen LogP contribution in [0.3, 0.4) is 0 Å². The van der Waals surface area contributed by atoms with E-state index in [0.29, 0.717) is 123 Å². The van der Waals surface area contributed by atoms with Gasteiger partial charge in [0.2, 0.25) is 17.8 Å². The first-order valence-corrected chi connectivity index (χ1v) is 30.6. The zero-order chi connectivity index (χ0) is 65.3. The van der Waals surface area contributed by atoms with E-state index in [1.165, 1.54) is 43.1 Å². The SMILES string of the molecule is COC(=O)c1ccc2c(c1)nc(NC1CC1)c1nc(SCc3ccccc3Cl)ncc12.NC(=O)CCNc1ncc2c(n1)c(Nc1cccc(Cl)c1)nc1cc(C(=O)O)ccc12.O=C(O)CCNc1ncc2c(n1)c(Nc1cccc(Cl)c1)nc1cc(C(=O)O)ccc12. The fraction of sp³-hybridized carbons (Fsp3) is 0.138. The first-order chi connectivity index (χ1) is 44.9. The molecule has 24 nitrogen and oxygen atoms in total. The van der Waals surface area contributed by atoms with E-state index in [9.17, 15) is 34.2 Å². The van der Waals surface area contributed by atoms with Crippen molar-refractivity contribution < 1.29 is 44.0 Å². The first kappa shape index (κ1) is 63.7. The standard InChI is InChI=1S/C23H19ClN4O2S.C21H17ClN6O3.C21H16ClN5O4/c1-30-22(29)13-6-9-16-17-11-25-23(31-12-14-4-2-3-5-18(14)24)28-20(17)21(26-15-7-8-15)27-19(16)10-13;22-12-2-1-3-13(9-12)26-19-18-15(10-25-21(28-18)24-7-6-17(23)29)14-5-4-11(20(30)31)8-16(14)27-19;22-12-2-1-3-13(9-12)25-19-18-15(10-24-21(27-18)23-7-6-17(28)29)14-5-4-11(20(30)31)8-16(14)26-19/h2-6,9-11,15H,7-8,12H2,1H3,(H,26,27);1-5,8-10H,6-7H2,(H2,23,29)(H,26,27)(H,30,31)(H,24,25,28);1-5,8-10H,6-7H2,(H,25,26)(H,28,29)(H,30,31)(H,23,24,27). The van der Waals surface area contributed by atoms with Gasteiger partial charge in [-0.1, -0.05) is 95.1 Å². The van der Waals surface area contributed by atoms with Crippen molar-refractivity contribution in [1.82, 2.24) is 44.9 Å². The number of rotatable bonds is 20. The number of hydrogen-bond acceptors (Lipinski definition) is 21. The van der Waals surface area contributed by atoms with Gasteiger partial charge >= 0.3 is 23.9 Å². The molecule has 1 aliphatic carbocycles. The topological polar surface area (TPSA) is 357 Å². The Balaban J connectivity index is 0.000000143. The van der Waals surface area contributed by atoms with Gasteiger partial charge in [0.15, 0.2) is 22.6 Å². The number of nitrogens with zero attached hydrogens (tertiary/aromatic N) is 9. The Kier molecular flexibility index (Phi) is 19.5. The number of pyridine rings is 3. The van der Waals surface area contributed by atoms with Crippen LogP contribution in [0.25, 0.3) is 65.4 Å². The quantitative estimate of drug-likeness (QED) is 0.0148. The number of methoxy groups -OCH3 is 1. The van der Waals surface area contributed by atoms with Crippen molar-refractivity contribution in [2.45, 2.75) is 42.6 Å². The number of hydrogen-bond donors (Lipinski definition) is 9. The number of fused-ring (bicyclic) bond motifs is 9. The number of carbonyl (C=O) groups excluding carboxylic acids is 2. The molecular formula is C65H52Cl3N15O9S. The molecule has 0 spiro atoms. The second kappa shape index (κ2) is 28.5. The van der Waals surface area contributed by atoms with Gasteiger partial charge in [-0.3, -0.25) is 9.59 Å². The lowest BCUT2D eigenvalue weighted by Gasteiger charge is -2.13. The third-order valence-electron chi connectivity index (χ3n) is 14.2. The number of aliphatic carboxylic acids is 1. The van der Waals surface area contributed by atoms with Gasteiger partial charge in [0, 0.05) is 109 Å². The molecule has 1 aliphatic rings. The van der Waals surface area contributed by atoms with E-state index in [1.54, 1.807) is 73.1 Å². The molecule has 0 saturated heterocycles. The van der Waals surface area contributed by atoms with E-state index in [2.05, 4.69) is 61.5 Å². The predicted molar refractivity (Wildman–Crippen MR) is 360 cm³/mol. The highest BCUT2D eigenvalue weighted by Crippen LogP contribution is 2.36. The van der Waals surface area contributed by atoms with Gasteiger partial charge in [0.05, 0.1) is 46.8 Å². The summed E-state index contributed by atoms with van der Waals surface area (Å²) in [5.41, 5.74) is 11.7. The van der Waals surface area contributed by atoms with Crippen molar-refractivity contribution in [3.8, 4) is 0 Å². The summed E-state index contributed by atoms with van der Waals surface area (Å²) < 4.78 is 4.85. The molecule has 10 N–H and O–H groups in total. The molecule has 0 aliphatic heterocycles. The van der Waals surface area contributed by atoms with Gasteiger partial charge in [0.25, 0.3) is 0 Å². The van der Waals surface area contributed by atoms with Gasteiger partial charge in [-0.05, 0) is 97.3 Å². The average Bonchev–Trinajstić information content (AvgIpc) is 1.18. The number of carboxylic acids is 3. The number of thioether (sulfide) groups is 1. The maximum Gasteiger partial charge on any atom is 0.337 e. The van der Waals surface area contributed by atoms with E-state index in [0.717, 1.165) is 39.7 Å². The minimum absolute atomic E-state index is 0.0804. The third kappa shape index (κ3) is 15.7. The van der Waals surface area contributed by atoms with Gasteiger partial charge in [-0.15, -0.1) is 0 Å². The Labute approximate surface area is 546 Å². The van der Waals surface area contributed by atoms with Gasteiger partial charge in [-0.25, -0.2) is 59.2 Å². The minimum Gasteiger partial charge on any atom is -0.481 e. The van der Waals surface area contributed by atoms with Crippen LogP contribution in [-0.2, 0) is 20.1 Å². The summed E-state index contributed by atoms with van der Waals surface area (Å²) in [4.78, 5) is 97.5. The zero-order valence-corrected chi connectivity index (χ0v) is 51.9. The molecule has 1 fully saturated rings. The highest BCUT2D eigenvalue weighted by Gasteiger charge is 2.25. The van der Waals surface area contributed by atoms with Gasteiger partial charge < -0.3 is 52.4 Å². The summed E-state index contributed by atoms with van der Waals surface area (Å²) in [6, 6.07) is 37.0. The second-order valence-electron chi connectivity index (χ2n) is 20.8. The van der Waals surface area contributed by atoms with Crippen LogP contribution in [0.5, 0.6) is 0 Å². The summed E-state index contributed by atoms with van der Waals surface area (Å²) in [5, 5.41) is 50.2. The molecule has 0 bridgehead atoms. The molecule has 0 atom stereocenters. The van der Waals surface area contributed by atoms with E-state index < -0.39 is 23.8 Å². The first-order valence-electron chi connectivity index (χ1n) is 28.5. The summed E-state index contributed by atoms with van der Waals surface area (Å²) in [5.74, 6) is -1.09. The van der Waals surface area contributed by atoms with E-state index in [-0.39, 0.29) is 42.4 Å². The monoisotopic (exact) mass is 1320 g/mol. The summed E-state index contributed by atoms with van der Waals surface area (Å²) in [6.07, 6.45) is 7.34. The molecule has 6 aromatic heterocycles. The van der Waals surface area contributed by atoms with E-state index in [1.807, 2.05) is 48.7 Å². The molecule has 468 valence electrons. The number of aromatic carboxylic acids is 2. The van der Waals surface area contributed by atoms with Gasteiger partial charge in [-0.2, -0.15) is 0 Å². The Morgan fingerprint density at radius 2 is 1.03 bits per heavy atom. The Morgan fingerprint density at radius 3 is 1.52 bits per heavy atom. The molecular weight excluding hydrogens is 1270 g/mol. The van der Waals surface area contributed by atoms with Crippen LogP contribution in [0.2, 0.25) is 15.1 Å². The minimum atomic E-state index is -1.05. The molecule has 0 unspecified atom stereocenters. The Bertz CT molecular complexity index is 4730. The van der Waals surface area contributed by atoms with Crippen LogP contribution in [0.4, 0.5) is 40.7 Å². The molecule has 13 rings (SSSR count). The number of nitrogens with one attached hydrogen (secondary N) is 5. The molecule has 6 aromatic carbocycles. The fourth-order valence-electron chi connectivity index (χ4n) is 9.53. The van der Waals surface area contributed by atoms with Crippen LogP contribution < -0.4 is 32.3 Å². The normalized spacial score (nSPS) is 11.7. The Morgan fingerprint density at radius 1 is 0.548 bits per heavy atom. The smallest absolute Gasteiger partial charge is 0.337 e. The molecule has 93 heavy (non-hydrogen) atoms. The predicted octanol–water partition coefficient (Wildman–Crippen LogP) is 13.2. The maximum atomic E-state index is 11.9. The van der Waals surface area contributed by atoms with Crippen LogP contribution in [0, 0.1) is 0 Å². The van der Waals surface area contributed by atoms with Crippen LogP contribution in [0.15, 0.2) is 151 Å². The molecule has 1 saturated carbocycles. The second-order valence-corrected chi connectivity index (χ2v) is 23.0. The number of halogens is 3. The average molecular weight is 1330 g/mol. The maximum absolute atomic E-state index is 11.9. The molecule has 28 heteroatoms. The van der Waals surface area contributed by atoms with Crippen molar-refractivity contribution in [3.05, 3.63) is 183 Å². The number of anilines is 7. The summed E-state index contributed by atoms with van der Waals surface area (Å²) in [6.45, 7) is 0.460. The number of carbonyl (C=O) groups is 5. The number of aromatic nitrogens is 9. The number of primary amides is 1. The molecule has 12 aromatic rings. The van der Waals surface area contributed by atoms with Crippen LogP contribution in [0.1, 0.15) is 62.3 Å². The van der Waals surface area contributed by atoms with Crippen LogP contribution in [-0.4, -0.2) is 116 Å². The lowest BCUT2D eigenvalue weighted by Crippen LogP contribution is -2.16. The number of ether oxygens (including phenoxy) is 1. The largest absolute Gasteiger partial charge is 0.481 e. The number of nitrogens with two attached hydrogens (primary N) is 1. The molecule has 0 radical (unpaired) electrons.